The summed E-state index contributed by atoms with van der Waals surface area (Å²) in [7, 11) is -3.61. The lowest BCUT2D eigenvalue weighted by Gasteiger charge is -2.26. The number of carbonyl (C=O) groups is 1. The highest BCUT2D eigenvalue weighted by Gasteiger charge is 2.26. The Hall–Kier alpha value is -2.86. The minimum atomic E-state index is -3.61. The van der Waals surface area contributed by atoms with Gasteiger partial charge >= 0.3 is 0 Å². The molecule has 1 aliphatic rings. The molecule has 9 nitrogen and oxygen atoms in total. The van der Waals surface area contributed by atoms with E-state index in [0.29, 0.717) is 37.6 Å². The standard InChI is InChI=1S/C21H22N4O5S2/c26-20-8-7-18(19-2-1-15-31-19)23-25(20)10-9-22-21(27)16-3-5-17(6-4-16)32(28,29)24-11-13-30-14-12-24/h1-8,15H,9-14H2,(H,22,27). The molecule has 1 aromatic carbocycles. The molecule has 1 N–H and O–H groups in total. The third-order valence-electron chi connectivity index (χ3n) is 4.97. The summed E-state index contributed by atoms with van der Waals surface area (Å²) < 4.78 is 33.2. The molecule has 168 valence electrons. The normalized spacial score (nSPS) is 14.9. The second-order valence-electron chi connectivity index (χ2n) is 7.05. The van der Waals surface area contributed by atoms with Crippen molar-refractivity contribution in [1.82, 2.24) is 19.4 Å². The Morgan fingerprint density at radius 2 is 1.84 bits per heavy atom. The topological polar surface area (TPSA) is 111 Å². The SMILES string of the molecule is O=C(NCCn1nc(-c2cccs2)ccc1=O)c1ccc(S(=O)(=O)N2CCOCC2)cc1. The zero-order chi connectivity index (χ0) is 22.6. The lowest BCUT2D eigenvalue weighted by Crippen LogP contribution is -2.40. The van der Waals surface area contributed by atoms with Crippen molar-refractivity contribution >= 4 is 27.3 Å². The molecule has 1 aliphatic heterocycles. The number of thiophene rings is 1. The molecule has 0 aliphatic carbocycles. The van der Waals surface area contributed by atoms with Crippen LogP contribution in [0.4, 0.5) is 0 Å². The number of rotatable bonds is 7. The van der Waals surface area contributed by atoms with E-state index in [1.807, 2.05) is 17.5 Å². The molecule has 2 aromatic heterocycles. The van der Waals surface area contributed by atoms with Gasteiger partial charge in [-0.15, -0.1) is 11.3 Å². The van der Waals surface area contributed by atoms with Crippen LogP contribution < -0.4 is 10.9 Å². The molecule has 4 rings (SSSR count). The Bertz CT molecular complexity index is 1230. The molecule has 0 saturated carbocycles. The number of nitrogens with zero attached hydrogens (tertiary/aromatic N) is 3. The highest BCUT2D eigenvalue weighted by molar-refractivity contribution is 7.89. The molecule has 3 aromatic rings. The monoisotopic (exact) mass is 474 g/mol. The maximum Gasteiger partial charge on any atom is 0.266 e. The van der Waals surface area contributed by atoms with E-state index in [2.05, 4.69) is 10.4 Å². The first-order chi connectivity index (χ1) is 15.4. The van der Waals surface area contributed by atoms with E-state index < -0.39 is 10.0 Å². The average molecular weight is 475 g/mol. The Labute approximate surface area is 189 Å². The number of morpholine rings is 1. The van der Waals surface area contributed by atoms with Crippen LogP contribution in [-0.4, -0.2) is 61.3 Å². The molecule has 0 bridgehead atoms. The number of amides is 1. The summed E-state index contributed by atoms with van der Waals surface area (Å²) in [6.07, 6.45) is 0. The van der Waals surface area contributed by atoms with Crippen molar-refractivity contribution in [2.24, 2.45) is 0 Å². The average Bonchev–Trinajstić information content (AvgIpc) is 3.36. The van der Waals surface area contributed by atoms with Crippen molar-refractivity contribution in [1.29, 1.82) is 0 Å². The van der Waals surface area contributed by atoms with Crippen LogP contribution >= 0.6 is 11.3 Å². The van der Waals surface area contributed by atoms with Crippen LogP contribution in [0, 0.1) is 0 Å². The molecule has 11 heteroatoms. The van der Waals surface area contributed by atoms with Gasteiger partial charge in [-0.3, -0.25) is 9.59 Å². The predicted octanol–water partition coefficient (Wildman–Crippen LogP) is 1.42. The molecule has 32 heavy (non-hydrogen) atoms. The quantitative estimate of drug-likeness (QED) is 0.555. The summed E-state index contributed by atoms with van der Waals surface area (Å²) in [4.78, 5) is 25.6. The van der Waals surface area contributed by atoms with Crippen LogP contribution in [-0.2, 0) is 21.3 Å². The van der Waals surface area contributed by atoms with Crippen molar-refractivity contribution in [3.05, 3.63) is 69.8 Å². The van der Waals surface area contributed by atoms with Gasteiger partial charge in [-0.2, -0.15) is 9.40 Å². The molecule has 1 amide bonds. The summed E-state index contributed by atoms with van der Waals surface area (Å²) in [5.74, 6) is -0.359. The zero-order valence-corrected chi connectivity index (χ0v) is 18.8. The fourth-order valence-corrected chi connectivity index (χ4v) is 5.35. The van der Waals surface area contributed by atoms with E-state index in [9.17, 15) is 18.0 Å². The first-order valence-corrected chi connectivity index (χ1v) is 12.4. The van der Waals surface area contributed by atoms with Gasteiger partial charge in [0.25, 0.3) is 11.5 Å². The van der Waals surface area contributed by atoms with Gasteiger partial charge in [0, 0.05) is 31.3 Å². The molecule has 1 fully saturated rings. The Morgan fingerprint density at radius 1 is 1.09 bits per heavy atom. The Morgan fingerprint density at radius 3 is 2.53 bits per heavy atom. The summed E-state index contributed by atoms with van der Waals surface area (Å²) in [6.45, 7) is 1.78. The van der Waals surface area contributed by atoms with Crippen LogP contribution in [0.3, 0.4) is 0 Å². The second-order valence-corrected chi connectivity index (χ2v) is 9.94. The second kappa shape index (κ2) is 9.74. The first-order valence-electron chi connectivity index (χ1n) is 10.0. The molecule has 0 spiro atoms. The fourth-order valence-electron chi connectivity index (χ4n) is 3.26. The summed E-state index contributed by atoms with van der Waals surface area (Å²) in [6, 6.07) is 12.8. The zero-order valence-electron chi connectivity index (χ0n) is 17.1. The summed E-state index contributed by atoms with van der Waals surface area (Å²) >= 11 is 1.53. The number of hydrogen-bond acceptors (Lipinski definition) is 7. The van der Waals surface area contributed by atoms with E-state index in [1.54, 1.807) is 6.07 Å². The van der Waals surface area contributed by atoms with Gasteiger partial charge in [0.15, 0.2) is 0 Å². The van der Waals surface area contributed by atoms with E-state index in [4.69, 9.17) is 4.74 Å². The van der Waals surface area contributed by atoms with Crippen molar-refractivity contribution in [2.75, 3.05) is 32.8 Å². The van der Waals surface area contributed by atoms with Crippen molar-refractivity contribution < 1.29 is 17.9 Å². The number of nitrogens with one attached hydrogen (secondary N) is 1. The van der Waals surface area contributed by atoms with Crippen LogP contribution in [0.2, 0.25) is 0 Å². The molecule has 3 heterocycles. The van der Waals surface area contributed by atoms with Gasteiger partial charge < -0.3 is 10.1 Å². The number of sulfonamides is 1. The number of benzene rings is 1. The van der Waals surface area contributed by atoms with Gasteiger partial charge in [-0.25, -0.2) is 13.1 Å². The van der Waals surface area contributed by atoms with Crippen molar-refractivity contribution in [3.8, 4) is 10.6 Å². The number of aromatic nitrogens is 2. The third-order valence-corrected chi connectivity index (χ3v) is 7.78. The Kier molecular flexibility index (Phi) is 6.80. The predicted molar refractivity (Wildman–Crippen MR) is 120 cm³/mol. The van der Waals surface area contributed by atoms with Crippen LogP contribution in [0.15, 0.2) is 63.6 Å². The van der Waals surface area contributed by atoms with Gasteiger partial charge in [0.05, 0.1) is 29.5 Å². The summed E-state index contributed by atoms with van der Waals surface area (Å²) in [5, 5.41) is 9.02. The fraction of sp³-hybridized carbons (Fsp3) is 0.286. The molecule has 1 saturated heterocycles. The maximum atomic E-state index is 12.7. The minimum absolute atomic E-state index is 0.136. The molecule has 0 unspecified atom stereocenters. The van der Waals surface area contributed by atoms with Crippen molar-refractivity contribution in [2.45, 2.75) is 11.4 Å². The maximum absolute atomic E-state index is 12.7. The van der Waals surface area contributed by atoms with Crippen LogP contribution in [0.25, 0.3) is 10.6 Å². The number of hydrogen-bond donors (Lipinski definition) is 1. The van der Waals surface area contributed by atoms with E-state index in [1.165, 1.54) is 50.7 Å². The first kappa shape index (κ1) is 22.3. The smallest absolute Gasteiger partial charge is 0.266 e. The van der Waals surface area contributed by atoms with Gasteiger partial charge in [0.1, 0.15) is 5.69 Å². The van der Waals surface area contributed by atoms with E-state index >= 15 is 0 Å². The lowest BCUT2D eigenvalue weighted by molar-refractivity contribution is 0.0730. The number of carbonyl (C=O) groups excluding carboxylic acids is 1. The van der Waals surface area contributed by atoms with Gasteiger partial charge in [-0.1, -0.05) is 6.07 Å². The highest BCUT2D eigenvalue weighted by Crippen LogP contribution is 2.21. The number of ether oxygens (including phenoxy) is 1. The lowest BCUT2D eigenvalue weighted by atomic mass is 10.2. The molecular formula is C21H22N4O5S2. The largest absolute Gasteiger partial charge is 0.379 e. The summed E-state index contributed by atoms with van der Waals surface area (Å²) in [5.41, 5.74) is 0.777. The Balaban J connectivity index is 1.37. The minimum Gasteiger partial charge on any atom is -0.379 e. The molecule has 0 radical (unpaired) electrons. The van der Waals surface area contributed by atoms with Crippen molar-refractivity contribution in [3.63, 3.8) is 0 Å². The van der Waals surface area contributed by atoms with Crippen LogP contribution in [0.5, 0.6) is 0 Å². The van der Waals surface area contributed by atoms with E-state index in [-0.39, 0.29) is 29.5 Å². The third kappa shape index (κ3) is 4.96. The molecular weight excluding hydrogens is 452 g/mol. The van der Waals surface area contributed by atoms with E-state index in [0.717, 1.165) is 4.88 Å². The molecule has 0 atom stereocenters. The highest BCUT2D eigenvalue weighted by atomic mass is 32.2. The van der Waals surface area contributed by atoms with Crippen LogP contribution in [0.1, 0.15) is 10.4 Å². The van der Waals surface area contributed by atoms with Gasteiger partial charge in [0.2, 0.25) is 10.0 Å². The van der Waals surface area contributed by atoms with Gasteiger partial charge in [-0.05, 0) is 41.8 Å².